The van der Waals surface area contributed by atoms with E-state index in [0.29, 0.717) is 36.2 Å². The van der Waals surface area contributed by atoms with Crippen LogP contribution in [0.3, 0.4) is 0 Å². The van der Waals surface area contributed by atoms with E-state index in [-0.39, 0.29) is 12.2 Å². The fourth-order valence-electron chi connectivity index (χ4n) is 3.48. The van der Waals surface area contributed by atoms with Gasteiger partial charge in [0.25, 0.3) is 0 Å². The molecular weight excluding hydrogens is 390 g/mol. The summed E-state index contributed by atoms with van der Waals surface area (Å²) in [4.78, 5) is 0. The standard InChI is InChI=1S/C23H30ClNO4/c1-6-27-20-10-17-7-15(4)29-21(17)11-18(20)13-25-12-16-8-19(24)23(28-14(2)3)22(9-16)26-5/h8-11,14-15,25H,6-7,12-13H2,1-5H3. The molecule has 6 heteroatoms. The van der Waals surface area contributed by atoms with E-state index in [9.17, 15) is 0 Å². The van der Waals surface area contributed by atoms with Crippen LogP contribution in [0.5, 0.6) is 23.0 Å². The molecule has 0 bridgehead atoms. The van der Waals surface area contributed by atoms with Crippen molar-refractivity contribution in [2.45, 2.75) is 59.4 Å². The molecule has 1 unspecified atom stereocenters. The highest BCUT2D eigenvalue weighted by Gasteiger charge is 2.22. The van der Waals surface area contributed by atoms with Crippen LogP contribution < -0.4 is 24.3 Å². The molecule has 0 amide bonds. The minimum atomic E-state index is 0.0205. The van der Waals surface area contributed by atoms with Crippen molar-refractivity contribution >= 4 is 11.6 Å². The van der Waals surface area contributed by atoms with E-state index in [1.807, 2.05) is 32.9 Å². The van der Waals surface area contributed by atoms with Crippen LogP contribution in [0.2, 0.25) is 5.02 Å². The molecule has 2 aromatic carbocycles. The lowest BCUT2D eigenvalue weighted by molar-refractivity contribution is 0.230. The van der Waals surface area contributed by atoms with E-state index in [4.69, 9.17) is 30.5 Å². The topological polar surface area (TPSA) is 49.0 Å². The van der Waals surface area contributed by atoms with Crippen LogP contribution in [0.15, 0.2) is 24.3 Å². The number of hydrogen-bond donors (Lipinski definition) is 1. The van der Waals surface area contributed by atoms with Crippen LogP contribution in [0, 0.1) is 0 Å². The highest BCUT2D eigenvalue weighted by molar-refractivity contribution is 6.32. The van der Waals surface area contributed by atoms with E-state index < -0.39 is 0 Å². The molecule has 1 aliphatic heterocycles. The molecule has 0 aliphatic carbocycles. The smallest absolute Gasteiger partial charge is 0.180 e. The molecule has 3 rings (SSSR count). The second-order valence-electron chi connectivity index (χ2n) is 7.51. The van der Waals surface area contributed by atoms with Crippen molar-refractivity contribution in [3.05, 3.63) is 46.0 Å². The molecule has 1 heterocycles. The van der Waals surface area contributed by atoms with Crippen molar-refractivity contribution in [1.82, 2.24) is 5.32 Å². The summed E-state index contributed by atoms with van der Waals surface area (Å²) in [7, 11) is 1.62. The van der Waals surface area contributed by atoms with Crippen molar-refractivity contribution in [3.8, 4) is 23.0 Å². The molecule has 2 aromatic rings. The van der Waals surface area contributed by atoms with Crippen molar-refractivity contribution < 1.29 is 18.9 Å². The Balaban J connectivity index is 1.71. The van der Waals surface area contributed by atoms with Gasteiger partial charge in [-0.25, -0.2) is 0 Å². The molecule has 0 radical (unpaired) electrons. The second kappa shape index (κ2) is 9.59. The number of nitrogens with one attached hydrogen (secondary N) is 1. The normalized spacial score (nSPS) is 15.2. The molecule has 5 nitrogen and oxygen atoms in total. The quantitative estimate of drug-likeness (QED) is 0.609. The first-order valence-corrected chi connectivity index (χ1v) is 10.5. The zero-order valence-electron chi connectivity index (χ0n) is 17.8. The average Bonchev–Trinajstić information content (AvgIpc) is 3.02. The molecule has 0 fully saturated rings. The maximum Gasteiger partial charge on any atom is 0.180 e. The van der Waals surface area contributed by atoms with Gasteiger partial charge in [-0.15, -0.1) is 0 Å². The SMILES string of the molecule is CCOc1cc2c(cc1CNCc1cc(Cl)c(OC(C)C)c(OC)c1)OC(C)C2. The predicted octanol–water partition coefficient (Wildman–Crippen LogP) is 5.15. The van der Waals surface area contributed by atoms with Crippen LogP contribution in [0.4, 0.5) is 0 Å². The number of fused-ring (bicyclic) bond motifs is 1. The number of hydrogen-bond acceptors (Lipinski definition) is 5. The predicted molar refractivity (Wildman–Crippen MR) is 116 cm³/mol. The van der Waals surface area contributed by atoms with Crippen molar-refractivity contribution in [3.63, 3.8) is 0 Å². The van der Waals surface area contributed by atoms with Crippen LogP contribution in [-0.2, 0) is 19.5 Å². The first-order valence-electron chi connectivity index (χ1n) is 10.1. The van der Waals surface area contributed by atoms with Crippen LogP contribution in [-0.4, -0.2) is 25.9 Å². The van der Waals surface area contributed by atoms with Gasteiger partial charge in [-0.2, -0.15) is 0 Å². The van der Waals surface area contributed by atoms with Gasteiger partial charge in [0.2, 0.25) is 0 Å². The molecule has 29 heavy (non-hydrogen) atoms. The van der Waals surface area contributed by atoms with E-state index in [1.54, 1.807) is 7.11 Å². The lowest BCUT2D eigenvalue weighted by Gasteiger charge is -2.17. The van der Waals surface area contributed by atoms with E-state index >= 15 is 0 Å². The minimum Gasteiger partial charge on any atom is -0.494 e. The molecule has 0 spiro atoms. The molecule has 0 saturated carbocycles. The van der Waals surface area contributed by atoms with Gasteiger partial charge < -0.3 is 24.3 Å². The highest BCUT2D eigenvalue weighted by atomic mass is 35.5. The third-order valence-corrected chi connectivity index (χ3v) is 4.95. The van der Waals surface area contributed by atoms with Crippen LogP contribution in [0.25, 0.3) is 0 Å². The van der Waals surface area contributed by atoms with Crippen LogP contribution in [0.1, 0.15) is 44.4 Å². The molecule has 158 valence electrons. The van der Waals surface area contributed by atoms with Gasteiger partial charge in [-0.1, -0.05) is 11.6 Å². The Hall–Kier alpha value is -2.11. The summed E-state index contributed by atoms with van der Waals surface area (Å²) in [5.41, 5.74) is 3.31. The summed E-state index contributed by atoms with van der Waals surface area (Å²) in [6.45, 7) is 9.93. The Morgan fingerprint density at radius 1 is 1.17 bits per heavy atom. The second-order valence-corrected chi connectivity index (χ2v) is 7.92. The van der Waals surface area contributed by atoms with Crippen molar-refractivity contribution in [2.75, 3.05) is 13.7 Å². The lowest BCUT2D eigenvalue weighted by Crippen LogP contribution is -2.14. The van der Waals surface area contributed by atoms with Gasteiger partial charge in [-0.3, -0.25) is 0 Å². The van der Waals surface area contributed by atoms with Crippen molar-refractivity contribution in [2.24, 2.45) is 0 Å². The van der Waals surface area contributed by atoms with Gasteiger partial charge >= 0.3 is 0 Å². The molecule has 1 atom stereocenters. The minimum absolute atomic E-state index is 0.0205. The molecular formula is C23H30ClNO4. The summed E-state index contributed by atoms with van der Waals surface area (Å²) in [5.74, 6) is 3.08. The molecule has 1 aliphatic rings. The molecule has 0 aromatic heterocycles. The summed E-state index contributed by atoms with van der Waals surface area (Å²) in [6.07, 6.45) is 1.16. The van der Waals surface area contributed by atoms with Gasteiger partial charge in [0.1, 0.15) is 17.6 Å². The Bertz CT molecular complexity index is 853. The average molecular weight is 420 g/mol. The molecule has 1 N–H and O–H groups in total. The lowest BCUT2D eigenvalue weighted by atomic mass is 10.1. The fraction of sp³-hybridized carbons (Fsp3) is 0.478. The van der Waals surface area contributed by atoms with Gasteiger partial charge in [-0.05, 0) is 57.5 Å². The number of rotatable bonds is 9. The van der Waals surface area contributed by atoms with Crippen molar-refractivity contribution in [1.29, 1.82) is 0 Å². The maximum absolute atomic E-state index is 6.43. The van der Waals surface area contributed by atoms with Gasteiger partial charge in [0, 0.05) is 30.6 Å². The third kappa shape index (κ3) is 5.28. The first-order chi connectivity index (χ1) is 13.9. The number of ether oxygens (including phenoxy) is 4. The van der Waals surface area contributed by atoms with Gasteiger partial charge in [0.15, 0.2) is 11.5 Å². The largest absolute Gasteiger partial charge is 0.494 e. The Morgan fingerprint density at radius 3 is 2.66 bits per heavy atom. The number of halogens is 1. The zero-order chi connectivity index (χ0) is 21.0. The van der Waals surface area contributed by atoms with E-state index in [1.165, 1.54) is 5.56 Å². The maximum atomic E-state index is 6.43. The van der Waals surface area contributed by atoms with Gasteiger partial charge in [0.05, 0.1) is 24.8 Å². The monoisotopic (exact) mass is 419 g/mol. The zero-order valence-corrected chi connectivity index (χ0v) is 18.6. The first kappa shape index (κ1) is 21.6. The highest BCUT2D eigenvalue weighted by Crippen LogP contribution is 2.37. The number of benzene rings is 2. The Kier molecular flexibility index (Phi) is 7.14. The fourth-order valence-corrected chi connectivity index (χ4v) is 3.75. The Morgan fingerprint density at radius 2 is 1.97 bits per heavy atom. The summed E-state index contributed by atoms with van der Waals surface area (Å²) in [5, 5.41) is 4.01. The van der Waals surface area contributed by atoms with Crippen LogP contribution >= 0.6 is 11.6 Å². The summed E-state index contributed by atoms with van der Waals surface area (Å²) < 4.78 is 23.0. The third-order valence-electron chi connectivity index (χ3n) is 4.67. The number of methoxy groups -OCH3 is 1. The molecule has 0 saturated heterocycles. The summed E-state index contributed by atoms with van der Waals surface area (Å²) >= 11 is 6.43. The van der Waals surface area contributed by atoms with E-state index in [0.717, 1.165) is 29.0 Å². The summed E-state index contributed by atoms with van der Waals surface area (Å²) in [6, 6.07) is 8.06. The Labute approximate surface area is 178 Å². The van der Waals surface area contributed by atoms with E-state index in [2.05, 4.69) is 24.4 Å².